The fourth-order valence-electron chi connectivity index (χ4n) is 1.26. The molecule has 0 aromatic heterocycles. The zero-order chi connectivity index (χ0) is 6.81. The number of nitrogens with zero attached hydrogens (tertiary/aromatic N) is 1. The lowest BCUT2D eigenvalue weighted by Crippen LogP contribution is -2.52. The molecule has 0 N–H and O–H groups in total. The van der Waals surface area contributed by atoms with Crippen LogP contribution in [-0.4, -0.2) is 43.9 Å². The van der Waals surface area contributed by atoms with Gasteiger partial charge in [0.25, 0.3) is 0 Å². The van der Waals surface area contributed by atoms with Crippen LogP contribution in [0, 0.1) is 6.61 Å². The van der Waals surface area contributed by atoms with E-state index >= 15 is 0 Å². The second-order valence-corrected chi connectivity index (χ2v) is 2.72. The molecule has 2 heterocycles. The number of hydrogen-bond acceptors (Lipinski definition) is 3. The Morgan fingerprint density at radius 1 is 1.40 bits per heavy atom. The predicted octanol–water partition coefficient (Wildman–Crippen LogP) is -0.121. The molecule has 3 heteroatoms. The fraction of sp³-hybridized carbons (Fsp3) is 0.857. The minimum Gasteiger partial charge on any atom is -0.378 e. The van der Waals surface area contributed by atoms with E-state index in [9.17, 15) is 0 Å². The normalized spacial score (nSPS) is 30.0. The first-order valence-electron chi connectivity index (χ1n) is 3.72. The number of morpholine rings is 1. The molecule has 10 heavy (non-hydrogen) atoms. The monoisotopic (exact) mass is 142 g/mol. The van der Waals surface area contributed by atoms with Crippen LogP contribution >= 0.6 is 0 Å². The summed E-state index contributed by atoms with van der Waals surface area (Å²) in [5.41, 5.74) is 0. The summed E-state index contributed by atoms with van der Waals surface area (Å²) in [6.45, 7) is 6.57. The van der Waals surface area contributed by atoms with Crippen LogP contribution in [0.4, 0.5) is 0 Å². The topological polar surface area (TPSA) is 21.7 Å². The molecule has 0 spiro atoms. The van der Waals surface area contributed by atoms with E-state index in [0.29, 0.717) is 6.04 Å². The highest BCUT2D eigenvalue weighted by Crippen LogP contribution is 2.12. The van der Waals surface area contributed by atoms with E-state index in [4.69, 9.17) is 9.47 Å². The quantitative estimate of drug-likeness (QED) is 0.509. The van der Waals surface area contributed by atoms with Gasteiger partial charge in [0.15, 0.2) is 0 Å². The molecule has 0 amide bonds. The van der Waals surface area contributed by atoms with Crippen molar-refractivity contribution in [3.05, 3.63) is 6.61 Å². The summed E-state index contributed by atoms with van der Waals surface area (Å²) in [5.74, 6) is 0. The maximum atomic E-state index is 5.11. The Hall–Kier alpha value is -0.120. The highest BCUT2D eigenvalue weighted by atomic mass is 16.5. The first-order valence-corrected chi connectivity index (χ1v) is 3.72. The molecular weight excluding hydrogens is 130 g/mol. The molecule has 0 aromatic carbocycles. The number of hydrogen-bond donors (Lipinski definition) is 0. The molecule has 1 radical (unpaired) electrons. The van der Waals surface area contributed by atoms with Gasteiger partial charge < -0.3 is 9.47 Å². The molecule has 3 nitrogen and oxygen atoms in total. The van der Waals surface area contributed by atoms with Gasteiger partial charge in [0.05, 0.1) is 32.5 Å². The van der Waals surface area contributed by atoms with Crippen LogP contribution < -0.4 is 0 Å². The second kappa shape index (κ2) is 2.86. The summed E-state index contributed by atoms with van der Waals surface area (Å²) in [5, 5.41) is 0. The Morgan fingerprint density at radius 2 is 2.30 bits per heavy atom. The van der Waals surface area contributed by atoms with Gasteiger partial charge in [0.1, 0.15) is 0 Å². The highest BCUT2D eigenvalue weighted by Gasteiger charge is 2.26. The molecule has 0 atom stereocenters. The zero-order valence-electron chi connectivity index (χ0n) is 5.95. The van der Waals surface area contributed by atoms with Crippen molar-refractivity contribution in [3.63, 3.8) is 0 Å². The predicted molar refractivity (Wildman–Crippen MR) is 36.4 cm³/mol. The van der Waals surface area contributed by atoms with Gasteiger partial charge in [-0.25, -0.2) is 0 Å². The Bertz CT molecular complexity index is 108. The number of rotatable bonds is 1. The van der Waals surface area contributed by atoms with E-state index in [0.717, 1.165) is 32.9 Å². The van der Waals surface area contributed by atoms with Crippen molar-refractivity contribution in [3.8, 4) is 0 Å². The molecular formula is C7H12NO2. The molecule has 2 aliphatic rings. The second-order valence-electron chi connectivity index (χ2n) is 2.72. The smallest absolute Gasteiger partial charge is 0.0976 e. The molecule has 0 unspecified atom stereocenters. The van der Waals surface area contributed by atoms with Crippen LogP contribution in [-0.2, 0) is 9.47 Å². The third kappa shape index (κ3) is 1.17. The zero-order valence-corrected chi connectivity index (χ0v) is 5.95. The van der Waals surface area contributed by atoms with Crippen molar-refractivity contribution in [1.29, 1.82) is 0 Å². The minimum absolute atomic E-state index is 0.667. The van der Waals surface area contributed by atoms with E-state index in [1.807, 2.05) is 6.61 Å². The Morgan fingerprint density at radius 3 is 2.80 bits per heavy atom. The van der Waals surface area contributed by atoms with E-state index in [2.05, 4.69) is 4.90 Å². The molecule has 57 valence electrons. The van der Waals surface area contributed by atoms with Crippen molar-refractivity contribution >= 4 is 0 Å². The number of ether oxygens (including phenoxy) is 2. The van der Waals surface area contributed by atoms with Gasteiger partial charge in [0.2, 0.25) is 0 Å². The van der Waals surface area contributed by atoms with Crippen LogP contribution in [0.5, 0.6) is 0 Å². The van der Waals surface area contributed by atoms with Crippen LogP contribution in [0.2, 0.25) is 0 Å². The summed E-state index contributed by atoms with van der Waals surface area (Å²) in [4.78, 5) is 2.40. The highest BCUT2D eigenvalue weighted by molar-refractivity contribution is 4.81. The summed E-state index contributed by atoms with van der Waals surface area (Å²) in [6, 6.07) is 0.667. The molecule has 0 saturated carbocycles. The van der Waals surface area contributed by atoms with Gasteiger partial charge in [-0.15, -0.1) is 0 Å². The van der Waals surface area contributed by atoms with Crippen molar-refractivity contribution in [2.45, 2.75) is 6.04 Å². The van der Waals surface area contributed by atoms with E-state index in [1.165, 1.54) is 0 Å². The van der Waals surface area contributed by atoms with Crippen LogP contribution in [0.15, 0.2) is 0 Å². The summed E-state index contributed by atoms with van der Waals surface area (Å²) in [7, 11) is 0. The third-order valence-electron chi connectivity index (χ3n) is 2.06. The van der Waals surface area contributed by atoms with Crippen LogP contribution in [0.3, 0.4) is 0 Å². The Balaban J connectivity index is 1.78. The molecule has 0 bridgehead atoms. The molecule has 2 saturated heterocycles. The van der Waals surface area contributed by atoms with Crippen LogP contribution in [0.25, 0.3) is 0 Å². The summed E-state index contributed by atoms with van der Waals surface area (Å²) in [6.07, 6.45) is 0. The summed E-state index contributed by atoms with van der Waals surface area (Å²) >= 11 is 0. The van der Waals surface area contributed by atoms with Gasteiger partial charge in [-0.1, -0.05) is 0 Å². The molecule has 2 aliphatic heterocycles. The van der Waals surface area contributed by atoms with Crippen molar-refractivity contribution < 1.29 is 9.47 Å². The van der Waals surface area contributed by atoms with Crippen LogP contribution in [0.1, 0.15) is 0 Å². The van der Waals surface area contributed by atoms with Gasteiger partial charge in [-0.05, 0) is 0 Å². The van der Waals surface area contributed by atoms with Gasteiger partial charge >= 0.3 is 0 Å². The van der Waals surface area contributed by atoms with E-state index in [-0.39, 0.29) is 0 Å². The van der Waals surface area contributed by atoms with Gasteiger partial charge in [0, 0.05) is 13.1 Å². The van der Waals surface area contributed by atoms with Gasteiger partial charge in [-0.2, -0.15) is 0 Å². The SMILES string of the molecule is [CH]1CN(C2COC2)CCO1. The van der Waals surface area contributed by atoms with E-state index in [1.54, 1.807) is 0 Å². The summed E-state index contributed by atoms with van der Waals surface area (Å²) < 4.78 is 10.2. The van der Waals surface area contributed by atoms with Crippen molar-refractivity contribution in [2.24, 2.45) is 0 Å². The molecule has 0 aromatic rings. The average Bonchev–Trinajstić information content (AvgIpc) is 1.86. The Labute approximate surface area is 60.9 Å². The first kappa shape index (κ1) is 6.58. The minimum atomic E-state index is 0.667. The molecule has 2 rings (SSSR count). The average molecular weight is 142 g/mol. The lowest BCUT2D eigenvalue weighted by Gasteiger charge is -2.38. The van der Waals surface area contributed by atoms with Gasteiger partial charge in [-0.3, -0.25) is 4.90 Å². The first-order chi connectivity index (χ1) is 4.97. The van der Waals surface area contributed by atoms with E-state index < -0.39 is 0 Å². The standard InChI is InChI=1S/C7H12NO2/c1-3-9-4-2-8(1)7-5-10-6-7/h3,7H,1-2,4-6H2. The molecule has 0 aliphatic carbocycles. The Kier molecular flexibility index (Phi) is 1.88. The fourth-order valence-corrected chi connectivity index (χ4v) is 1.26. The largest absolute Gasteiger partial charge is 0.378 e. The lowest BCUT2D eigenvalue weighted by molar-refractivity contribution is -0.0819. The lowest BCUT2D eigenvalue weighted by atomic mass is 10.2. The maximum Gasteiger partial charge on any atom is 0.0976 e. The van der Waals surface area contributed by atoms with Crippen molar-refractivity contribution in [1.82, 2.24) is 4.90 Å². The van der Waals surface area contributed by atoms with Crippen molar-refractivity contribution in [2.75, 3.05) is 32.9 Å². The molecule has 2 fully saturated rings. The maximum absolute atomic E-state index is 5.11. The third-order valence-corrected chi connectivity index (χ3v) is 2.06.